The predicted molar refractivity (Wildman–Crippen MR) is 87.4 cm³/mol. The third-order valence-electron chi connectivity index (χ3n) is 4.99. The number of nitrogens with zero attached hydrogens (tertiary/aromatic N) is 2. The number of halogens is 1. The van der Waals surface area contributed by atoms with Crippen molar-refractivity contribution in [3.63, 3.8) is 0 Å². The number of hydrogen-bond acceptors (Lipinski definition) is 3. The maximum Gasteiger partial charge on any atom is 0.118 e. The highest BCUT2D eigenvalue weighted by atomic mass is 19.1. The molecule has 2 fully saturated rings. The van der Waals surface area contributed by atoms with Crippen LogP contribution >= 0.6 is 0 Å². The summed E-state index contributed by atoms with van der Waals surface area (Å²) in [5.41, 5.74) is 0.132. The second-order valence-corrected chi connectivity index (χ2v) is 8.83. The molecule has 4 heteroatoms. The lowest BCUT2D eigenvalue weighted by Gasteiger charge is -2.47. The second-order valence-electron chi connectivity index (χ2n) is 8.83. The van der Waals surface area contributed by atoms with Crippen LogP contribution in [0.25, 0.3) is 0 Å². The van der Waals surface area contributed by atoms with Crippen LogP contribution in [0, 0.1) is 5.41 Å². The number of nitrogens with one attached hydrogen (secondary N) is 1. The summed E-state index contributed by atoms with van der Waals surface area (Å²) in [4.78, 5) is 4.90. The molecule has 3 nitrogen and oxygen atoms in total. The van der Waals surface area contributed by atoms with Gasteiger partial charge in [0.15, 0.2) is 0 Å². The molecule has 124 valence electrons. The van der Waals surface area contributed by atoms with E-state index < -0.39 is 6.17 Å². The van der Waals surface area contributed by atoms with E-state index in [0.717, 1.165) is 32.7 Å². The van der Waals surface area contributed by atoms with E-state index in [1.54, 1.807) is 0 Å². The topological polar surface area (TPSA) is 18.5 Å². The minimum Gasteiger partial charge on any atom is -0.314 e. The first-order chi connectivity index (χ1) is 9.60. The zero-order valence-electron chi connectivity index (χ0n) is 14.7. The van der Waals surface area contributed by atoms with E-state index in [4.69, 9.17) is 0 Å². The van der Waals surface area contributed by atoms with Crippen molar-refractivity contribution in [2.75, 3.05) is 32.7 Å². The average Bonchev–Trinajstić information content (AvgIpc) is 2.68. The van der Waals surface area contributed by atoms with Gasteiger partial charge in [0.1, 0.15) is 6.17 Å². The fourth-order valence-electron chi connectivity index (χ4n) is 3.99. The number of alkyl halides is 1. The smallest absolute Gasteiger partial charge is 0.118 e. The van der Waals surface area contributed by atoms with Gasteiger partial charge in [-0.3, -0.25) is 9.80 Å². The number of piperazine rings is 1. The van der Waals surface area contributed by atoms with Crippen molar-refractivity contribution in [1.82, 2.24) is 15.1 Å². The molecule has 21 heavy (non-hydrogen) atoms. The molecule has 2 aliphatic heterocycles. The summed E-state index contributed by atoms with van der Waals surface area (Å²) >= 11 is 0. The molecule has 0 aromatic rings. The zero-order valence-corrected chi connectivity index (χ0v) is 14.7. The Balaban J connectivity index is 2.16. The molecule has 3 atom stereocenters. The van der Waals surface area contributed by atoms with Gasteiger partial charge in [0.25, 0.3) is 0 Å². The molecule has 0 saturated carbocycles. The minimum atomic E-state index is -0.705. The van der Waals surface area contributed by atoms with Gasteiger partial charge in [-0.15, -0.1) is 0 Å². The van der Waals surface area contributed by atoms with Crippen molar-refractivity contribution in [2.24, 2.45) is 5.41 Å². The molecule has 0 unspecified atom stereocenters. The summed E-state index contributed by atoms with van der Waals surface area (Å²) in [6.45, 7) is 18.4. The molecule has 0 amide bonds. The van der Waals surface area contributed by atoms with E-state index in [1.807, 2.05) is 0 Å². The van der Waals surface area contributed by atoms with E-state index in [-0.39, 0.29) is 17.0 Å². The third kappa shape index (κ3) is 3.96. The number of hydrogen-bond donors (Lipinski definition) is 1. The number of rotatable bonds is 2. The SMILES string of the molecule is CC(C)(C)[C@@H]1C[C@@H](F)[C@H](CN2CCNCC2)N1C(C)(C)C. The standard InChI is InChI=1S/C17H34FN3/c1-16(2,3)15-11-13(18)14(21(15)17(4,5)6)12-20-9-7-19-8-10-20/h13-15,19H,7-12H2,1-6H3/t13-,14+,15+/m1/s1. The molecule has 0 radical (unpaired) electrons. The van der Waals surface area contributed by atoms with Crippen LogP contribution in [0.4, 0.5) is 4.39 Å². The highest BCUT2D eigenvalue weighted by Crippen LogP contribution is 2.42. The van der Waals surface area contributed by atoms with Gasteiger partial charge in [0, 0.05) is 44.3 Å². The van der Waals surface area contributed by atoms with E-state index in [2.05, 4.69) is 56.7 Å². The van der Waals surface area contributed by atoms with E-state index in [9.17, 15) is 4.39 Å². The maximum absolute atomic E-state index is 14.8. The van der Waals surface area contributed by atoms with Crippen molar-refractivity contribution >= 4 is 0 Å². The second kappa shape index (κ2) is 6.13. The molecule has 2 rings (SSSR count). The Hall–Kier alpha value is -0.190. The van der Waals surface area contributed by atoms with Gasteiger partial charge in [-0.25, -0.2) is 4.39 Å². The molecule has 0 spiro atoms. The molecule has 0 aromatic heterocycles. The molecular weight excluding hydrogens is 265 g/mol. The van der Waals surface area contributed by atoms with Crippen molar-refractivity contribution in [3.8, 4) is 0 Å². The quantitative estimate of drug-likeness (QED) is 0.845. The maximum atomic E-state index is 14.8. The lowest BCUT2D eigenvalue weighted by Crippen LogP contribution is -2.58. The van der Waals surface area contributed by atoms with Crippen LogP contribution < -0.4 is 5.32 Å². The van der Waals surface area contributed by atoms with Crippen LogP contribution in [-0.2, 0) is 0 Å². The van der Waals surface area contributed by atoms with Crippen molar-refractivity contribution in [2.45, 2.75) is 71.8 Å². The fraction of sp³-hybridized carbons (Fsp3) is 1.00. The van der Waals surface area contributed by atoms with E-state index in [1.165, 1.54) is 0 Å². The monoisotopic (exact) mass is 299 g/mol. The van der Waals surface area contributed by atoms with Gasteiger partial charge in [-0.2, -0.15) is 0 Å². The summed E-state index contributed by atoms with van der Waals surface area (Å²) in [6, 6.07) is 0.354. The Kier molecular flexibility index (Phi) is 5.01. The van der Waals surface area contributed by atoms with Gasteiger partial charge in [-0.1, -0.05) is 20.8 Å². The molecule has 0 aromatic carbocycles. The lowest BCUT2D eigenvalue weighted by molar-refractivity contribution is 0.00507. The first kappa shape index (κ1) is 17.2. The molecule has 0 bridgehead atoms. The average molecular weight is 299 g/mol. The molecule has 2 aliphatic rings. The normalized spacial score (nSPS) is 33.6. The van der Waals surface area contributed by atoms with Crippen LogP contribution in [0.3, 0.4) is 0 Å². The fourth-order valence-corrected chi connectivity index (χ4v) is 3.99. The van der Waals surface area contributed by atoms with Gasteiger partial charge < -0.3 is 5.32 Å². The summed E-state index contributed by atoms with van der Waals surface area (Å²) in [6.07, 6.45) is -0.0271. The summed E-state index contributed by atoms with van der Waals surface area (Å²) in [5.74, 6) is 0. The largest absolute Gasteiger partial charge is 0.314 e. The first-order valence-electron chi connectivity index (χ1n) is 8.46. The van der Waals surface area contributed by atoms with Gasteiger partial charge in [-0.05, 0) is 32.6 Å². The van der Waals surface area contributed by atoms with Crippen LogP contribution in [-0.4, -0.2) is 66.3 Å². The minimum absolute atomic E-state index is 0.0114. The Bertz CT molecular complexity index is 339. The molecule has 0 aliphatic carbocycles. The molecule has 2 saturated heterocycles. The molecular formula is C17H34FN3. The lowest BCUT2D eigenvalue weighted by atomic mass is 9.83. The Labute approximate surface area is 130 Å². The predicted octanol–water partition coefficient (Wildman–Crippen LogP) is 2.52. The number of likely N-dealkylation sites (tertiary alicyclic amines) is 1. The first-order valence-corrected chi connectivity index (χ1v) is 8.46. The highest BCUT2D eigenvalue weighted by Gasteiger charge is 2.50. The third-order valence-corrected chi connectivity index (χ3v) is 4.99. The van der Waals surface area contributed by atoms with E-state index >= 15 is 0 Å². The van der Waals surface area contributed by atoms with Gasteiger partial charge in [0.2, 0.25) is 0 Å². The van der Waals surface area contributed by atoms with Crippen LogP contribution in [0.5, 0.6) is 0 Å². The highest BCUT2D eigenvalue weighted by molar-refractivity contribution is 5.04. The summed E-state index contributed by atoms with van der Waals surface area (Å²) in [5, 5.41) is 3.38. The zero-order chi connectivity index (χ0) is 15.8. The Morgan fingerprint density at radius 1 is 1.05 bits per heavy atom. The van der Waals surface area contributed by atoms with E-state index in [0.29, 0.717) is 12.5 Å². The summed E-state index contributed by atoms with van der Waals surface area (Å²) < 4.78 is 14.8. The Morgan fingerprint density at radius 3 is 2.10 bits per heavy atom. The van der Waals surface area contributed by atoms with Crippen LogP contribution in [0.15, 0.2) is 0 Å². The molecule has 2 heterocycles. The van der Waals surface area contributed by atoms with Crippen LogP contribution in [0.1, 0.15) is 48.0 Å². The van der Waals surface area contributed by atoms with Crippen molar-refractivity contribution < 1.29 is 4.39 Å². The Morgan fingerprint density at radius 2 is 1.62 bits per heavy atom. The van der Waals surface area contributed by atoms with Crippen molar-refractivity contribution in [1.29, 1.82) is 0 Å². The van der Waals surface area contributed by atoms with Gasteiger partial charge in [0.05, 0.1) is 6.04 Å². The van der Waals surface area contributed by atoms with Crippen LogP contribution in [0.2, 0.25) is 0 Å². The summed E-state index contributed by atoms with van der Waals surface area (Å²) in [7, 11) is 0. The van der Waals surface area contributed by atoms with Gasteiger partial charge >= 0.3 is 0 Å². The van der Waals surface area contributed by atoms with Crippen molar-refractivity contribution in [3.05, 3.63) is 0 Å². The molecule has 1 N–H and O–H groups in total.